The molecule has 1 aromatic heterocycles. The first kappa shape index (κ1) is 15.1. The molecular formula is C14H16F2N4O. The lowest BCUT2D eigenvalue weighted by Crippen LogP contribution is -2.29. The lowest BCUT2D eigenvalue weighted by molar-refractivity contribution is 0.480. The molecule has 1 heterocycles. The summed E-state index contributed by atoms with van der Waals surface area (Å²) in [6.07, 6.45) is 1.51. The summed E-state index contributed by atoms with van der Waals surface area (Å²) < 4.78 is 27.9. The largest absolute Gasteiger partial charge is 0.376 e. The summed E-state index contributed by atoms with van der Waals surface area (Å²) in [7, 11) is 3.57. The van der Waals surface area contributed by atoms with Gasteiger partial charge in [0.15, 0.2) is 0 Å². The molecule has 0 bridgehead atoms. The molecule has 0 saturated carbocycles. The van der Waals surface area contributed by atoms with E-state index in [1.165, 1.54) is 12.3 Å². The summed E-state index contributed by atoms with van der Waals surface area (Å²) in [5.41, 5.74) is 6.16. The molecule has 2 rings (SSSR count). The molecule has 1 unspecified atom stereocenters. The van der Waals surface area contributed by atoms with Gasteiger partial charge in [-0.3, -0.25) is 4.79 Å². The Labute approximate surface area is 120 Å². The van der Waals surface area contributed by atoms with E-state index in [0.29, 0.717) is 5.69 Å². The van der Waals surface area contributed by atoms with Crippen molar-refractivity contribution in [2.24, 2.45) is 5.73 Å². The van der Waals surface area contributed by atoms with Crippen molar-refractivity contribution < 1.29 is 8.78 Å². The van der Waals surface area contributed by atoms with Crippen LogP contribution < -0.4 is 16.2 Å². The van der Waals surface area contributed by atoms with Crippen LogP contribution in [0, 0.1) is 11.6 Å². The molecule has 5 nitrogen and oxygen atoms in total. The van der Waals surface area contributed by atoms with Gasteiger partial charge in [-0.2, -0.15) is 5.10 Å². The van der Waals surface area contributed by atoms with E-state index in [1.807, 2.05) is 0 Å². The van der Waals surface area contributed by atoms with Crippen molar-refractivity contribution in [2.45, 2.75) is 12.6 Å². The maximum absolute atomic E-state index is 13.6. The summed E-state index contributed by atoms with van der Waals surface area (Å²) in [6.45, 7) is -0.0348. The molecule has 7 heteroatoms. The van der Waals surface area contributed by atoms with Gasteiger partial charge in [0.05, 0.1) is 24.5 Å². The Kier molecular flexibility index (Phi) is 4.32. The minimum absolute atomic E-state index is 0.0142. The smallest absolute Gasteiger partial charge is 0.268 e. The van der Waals surface area contributed by atoms with Crippen molar-refractivity contribution in [3.8, 4) is 0 Å². The van der Waals surface area contributed by atoms with Crippen molar-refractivity contribution in [2.75, 3.05) is 19.0 Å². The standard InChI is InChI=1S/C14H16F2N4O/c1-19(2)10-6-14(21)20(18-7-10)8-13(17)11-5-9(15)3-4-12(11)16/h3-7,13H,8,17H2,1-2H3. The number of nitrogens with zero attached hydrogens (tertiary/aromatic N) is 3. The van der Waals surface area contributed by atoms with Crippen LogP contribution in [0.5, 0.6) is 0 Å². The first-order valence-electron chi connectivity index (χ1n) is 6.33. The van der Waals surface area contributed by atoms with E-state index in [4.69, 9.17) is 5.73 Å². The van der Waals surface area contributed by atoms with E-state index in [0.717, 1.165) is 22.9 Å². The third-order valence-electron chi connectivity index (χ3n) is 3.10. The molecule has 2 N–H and O–H groups in total. The van der Waals surface area contributed by atoms with Crippen LogP contribution in [0.25, 0.3) is 0 Å². The average molecular weight is 294 g/mol. The molecule has 0 aliphatic rings. The highest BCUT2D eigenvalue weighted by Crippen LogP contribution is 2.17. The van der Waals surface area contributed by atoms with Gasteiger partial charge in [-0.1, -0.05) is 0 Å². The van der Waals surface area contributed by atoms with Crippen molar-refractivity contribution in [1.82, 2.24) is 9.78 Å². The molecule has 0 radical (unpaired) electrons. The number of hydrogen-bond donors (Lipinski definition) is 1. The minimum Gasteiger partial charge on any atom is -0.376 e. The monoisotopic (exact) mass is 294 g/mol. The number of rotatable bonds is 4. The molecule has 112 valence electrons. The fourth-order valence-corrected chi connectivity index (χ4v) is 1.89. The highest BCUT2D eigenvalue weighted by atomic mass is 19.1. The molecule has 1 aromatic carbocycles. The van der Waals surface area contributed by atoms with E-state index in [-0.39, 0.29) is 17.7 Å². The third kappa shape index (κ3) is 3.43. The van der Waals surface area contributed by atoms with Gasteiger partial charge >= 0.3 is 0 Å². The SMILES string of the molecule is CN(C)c1cnn(CC(N)c2cc(F)ccc2F)c(=O)c1. The van der Waals surface area contributed by atoms with E-state index >= 15 is 0 Å². The zero-order valence-electron chi connectivity index (χ0n) is 11.8. The Bertz CT molecular complexity index is 700. The number of halogens is 2. The van der Waals surface area contributed by atoms with Gasteiger partial charge in [-0.15, -0.1) is 0 Å². The summed E-state index contributed by atoms with van der Waals surface area (Å²) >= 11 is 0. The highest BCUT2D eigenvalue weighted by Gasteiger charge is 2.14. The van der Waals surface area contributed by atoms with Crippen molar-refractivity contribution in [3.05, 3.63) is 58.0 Å². The predicted octanol–water partition coefficient (Wildman–Crippen LogP) is 1.29. The molecule has 0 fully saturated rings. The summed E-state index contributed by atoms with van der Waals surface area (Å²) in [4.78, 5) is 13.7. The summed E-state index contributed by atoms with van der Waals surface area (Å²) in [6, 6.07) is 3.59. The summed E-state index contributed by atoms with van der Waals surface area (Å²) in [5.74, 6) is -1.19. The molecule has 21 heavy (non-hydrogen) atoms. The van der Waals surface area contributed by atoms with Crippen LogP contribution in [0.2, 0.25) is 0 Å². The Morgan fingerprint density at radius 3 is 2.67 bits per heavy atom. The molecule has 0 saturated heterocycles. The second-order valence-corrected chi connectivity index (χ2v) is 4.90. The Morgan fingerprint density at radius 1 is 1.33 bits per heavy atom. The van der Waals surface area contributed by atoms with Gasteiger partial charge in [0.25, 0.3) is 5.56 Å². The van der Waals surface area contributed by atoms with Crippen LogP contribution in [0.15, 0.2) is 35.3 Å². The maximum Gasteiger partial charge on any atom is 0.268 e. The number of aromatic nitrogens is 2. The van der Waals surface area contributed by atoms with Crippen LogP contribution in [0.1, 0.15) is 11.6 Å². The zero-order valence-corrected chi connectivity index (χ0v) is 11.8. The van der Waals surface area contributed by atoms with E-state index in [1.54, 1.807) is 19.0 Å². The number of benzene rings is 1. The fourth-order valence-electron chi connectivity index (χ4n) is 1.89. The lowest BCUT2D eigenvalue weighted by Gasteiger charge is -2.16. The Hall–Kier alpha value is -2.28. The average Bonchev–Trinajstić information content (AvgIpc) is 2.43. The first-order valence-corrected chi connectivity index (χ1v) is 6.33. The van der Waals surface area contributed by atoms with Gasteiger partial charge in [-0.25, -0.2) is 13.5 Å². The molecule has 1 atom stereocenters. The van der Waals surface area contributed by atoms with E-state index in [9.17, 15) is 13.6 Å². The number of hydrogen-bond acceptors (Lipinski definition) is 4. The van der Waals surface area contributed by atoms with Crippen molar-refractivity contribution >= 4 is 5.69 Å². The van der Waals surface area contributed by atoms with Gasteiger partial charge in [0.1, 0.15) is 11.6 Å². The first-order chi connectivity index (χ1) is 9.88. The van der Waals surface area contributed by atoms with Crippen LogP contribution in [0.3, 0.4) is 0 Å². The number of anilines is 1. The Morgan fingerprint density at radius 2 is 2.05 bits per heavy atom. The Balaban J connectivity index is 2.25. The fraction of sp³-hybridized carbons (Fsp3) is 0.286. The molecule has 0 amide bonds. The van der Waals surface area contributed by atoms with Gasteiger partial charge in [-0.05, 0) is 18.2 Å². The van der Waals surface area contributed by atoms with Gasteiger partial charge in [0.2, 0.25) is 0 Å². The van der Waals surface area contributed by atoms with Crippen LogP contribution in [-0.2, 0) is 6.54 Å². The lowest BCUT2D eigenvalue weighted by atomic mass is 10.1. The topological polar surface area (TPSA) is 64.2 Å². The van der Waals surface area contributed by atoms with Crippen molar-refractivity contribution in [3.63, 3.8) is 0 Å². The van der Waals surface area contributed by atoms with Gasteiger partial charge < -0.3 is 10.6 Å². The second kappa shape index (κ2) is 6.01. The predicted molar refractivity (Wildman–Crippen MR) is 76.1 cm³/mol. The maximum atomic E-state index is 13.6. The van der Waals surface area contributed by atoms with Crippen LogP contribution in [0.4, 0.5) is 14.5 Å². The van der Waals surface area contributed by atoms with E-state index < -0.39 is 17.7 Å². The third-order valence-corrected chi connectivity index (χ3v) is 3.10. The highest BCUT2D eigenvalue weighted by molar-refractivity contribution is 5.40. The summed E-state index contributed by atoms with van der Waals surface area (Å²) in [5, 5.41) is 3.98. The van der Waals surface area contributed by atoms with Crippen LogP contribution in [-0.4, -0.2) is 23.9 Å². The molecule has 0 spiro atoms. The molecule has 2 aromatic rings. The van der Waals surface area contributed by atoms with E-state index in [2.05, 4.69) is 5.10 Å². The van der Waals surface area contributed by atoms with Crippen molar-refractivity contribution in [1.29, 1.82) is 0 Å². The normalized spacial score (nSPS) is 12.2. The molecular weight excluding hydrogens is 278 g/mol. The quantitative estimate of drug-likeness (QED) is 0.923. The second-order valence-electron chi connectivity index (χ2n) is 4.90. The minimum atomic E-state index is -0.865. The molecule has 0 aliphatic carbocycles. The zero-order chi connectivity index (χ0) is 15.6. The van der Waals surface area contributed by atoms with Crippen LogP contribution >= 0.6 is 0 Å². The molecule has 0 aliphatic heterocycles. The number of nitrogens with two attached hydrogens (primary N) is 1. The van der Waals surface area contributed by atoms with Gasteiger partial charge in [0, 0.05) is 25.7 Å².